The Morgan fingerprint density at radius 3 is 2.64 bits per heavy atom. The van der Waals surface area contributed by atoms with Crippen molar-refractivity contribution in [3.63, 3.8) is 0 Å². The van der Waals surface area contributed by atoms with Crippen molar-refractivity contribution in [2.75, 3.05) is 19.0 Å². The van der Waals surface area contributed by atoms with Crippen molar-refractivity contribution in [1.82, 2.24) is 0 Å². The maximum atomic E-state index is 12.0. The molecule has 0 saturated carbocycles. The summed E-state index contributed by atoms with van der Waals surface area (Å²) in [4.78, 5) is 22.3. The molecule has 25 heavy (non-hydrogen) atoms. The van der Waals surface area contributed by atoms with Gasteiger partial charge in [-0.15, -0.1) is 0 Å². The lowest BCUT2D eigenvalue weighted by molar-refractivity contribution is -0.384. The summed E-state index contributed by atoms with van der Waals surface area (Å²) in [7, 11) is 1.39. The minimum Gasteiger partial charge on any atom is -0.494 e. The molecule has 0 fully saturated rings. The average Bonchev–Trinajstić information content (AvgIpc) is 2.60. The highest BCUT2D eigenvalue weighted by Crippen LogP contribution is 2.29. The van der Waals surface area contributed by atoms with Gasteiger partial charge in [-0.3, -0.25) is 14.9 Å². The number of nitrogens with one attached hydrogen (secondary N) is 1. The average molecular weight is 344 g/mol. The van der Waals surface area contributed by atoms with Crippen LogP contribution in [0.4, 0.5) is 11.4 Å². The number of non-ortho nitro benzene ring substituents is 1. The van der Waals surface area contributed by atoms with Gasteiger partial charge in [-0.05, 0) is 31.0 Å². The summed E-state index contributed by atoms with van der Waals surface area (Å²) >= 11 is 0. The molecule has 0 radical (unpaired) electrons. The fourth-order valence-corrected chi connectivity index (χ4v) is 2.24. The van der Waals surface area contributed by atoms with E-state index in [9.17, 15) is 14.9 Å². The van der Waals surface area contributed by atoms with E-state index in [1.165, 1.54) is 25.3 Å². The number of anilines is 1. The monoisotopic (exact) mass is 344 g/mol. The maximum Gasteiger partial charge on any atom is 0.273 e. The Labute approximate surface area is 145 Å². The Bertz CT molecular complexity index is 761. The second-order valence-electron chi connectivity index (χ2n) is 5.41. The summed E-state index contributed by atoms with van der Waals surface area (Å²) in [6, 6.07) is 11.7. The SMILES string of the molecule is COc1cc([N+](=O)[O-])ccc1NC(=O)CCCOc1ccccc1C. The van der Waals surface area contributed by atoms with E-state index >= 15 is 0 Å². The van der Waals surface area contributed by atoms with E-state index in [0.29, 0.717) is 18.7 Å². The summed E-state index contributed by atoms with van der Waals surface area (Å²) < 4.78 is 10.7. The molecule has 1 amide bonds. The molecular weight excluding hydrogens is 324 g/mol. The van der Waals surface area contributed by atoms with E-state index in [2.05, 4.69) is 5.32 Å². The molecule has 0 atom stereocenters. The van der Waals surface area contributed by atoms with Gasteiger partial charge < -0.3 is 14.8 Å². The Morgan fingerprint density at radius 2 is 1.96 bits per heavy atom. The van der Waals surface area contributed by atoms with E-state index in [-0.39, 0.29) is 23.8 Å². The van der Waals surface area contributed by atoms with Gasteiger partial charge in [-0.2, -0.15) is 0 Å². The molecule has 7 nitrogen and oxygen atoms in total. The molecule has 0 aliphatic heterocycles. The first-order valence-electron chi connectivity index (χ1n) is 7.82. The number of aryl methyl sites for hydroxylation is 1. The Balaban J connectivity index is 1.84. The van der Waals surface area contributed by atoms with Gasteiger partial charge in [0.05, 0.1) is 30.4 Å². The van der Waals surface area contributed by atoms with Crippen molar-refractivity contribution in [2.45, 2.75) is 19.8 Å². The number of nitro groups is 1. The molecule has 7 heteroatoms. The predicted octanol–water partition coefficient (Wildman–Crippen LogP) is 3.71. The van der Waals surface area contributed by atoms with Gasteiger partial charge in [0.15, 0.2) is 0 Å². The number of nitrogens with zero attached hydrogens (tertiary/aromatic N) is 1. The van der Waals surface area contributed by atoms with Crippen LogP contribution in [0, 0.1) is 17.0 Å². The van der Waals surface area contributed by atoms with Gasteiger partial charge in [-0.25, -0.2) is 0 Å². The van der Waals surface area contributed by atoms with Crippen LogP contribution < -0.4 is 14.8 Å². The van der Waals surface area contributed by atoms with Crippen LogP contribution in [-0.4, -0.2) is 24.5 Å². The molecule has 0 saturated heterocycles. The zero-order chi connectivity index (χ0) is 18.2. The quantitative estimate of drug-likeness (QED) is 0.448. The molecule has 2 aromatic rings. The number of benzene rings is 2. The topological polar surface area (TPSA) is 90.7 Å². The Morgan fingerprint density at radius 1 is 1.20 bits per heavy atom. The first kappa shape index (κ1) is 18.3. The number of carbonyl (C=O) groups excluding carboxylic acids is 1. The fraction of sp³-hybridized carbons (Fsp3) is 0.278. The molecule has 0 aliphatic carbocycles. The van der Waals surface area contributed by atoms with Crippen LogP contribution in [0.15, 0.2) is 42.5 Å². The van der Waals surface area contributed by atoms with Gasteiger partial charge in [0.25, 0.3) is 5.69 Å². The number of carbonyl (C=O) groups is 1. The summed E-state index contributed by atoms with van der Waals surface area (Å²) in [6.07, 6.45) is 0.821. The summed E-state index contributed by atoms with van der Waals surface area (Å²) in [5.41, 5.74) is 1.35. The number of hydrogen-bond acceptors (Lipinski definition) is 5. The van der Waals surface area contributed by atoms with Crippen molar-refractivity contribution in [2.24, 2.45) is 0 Å². The molecule has 0 heterocycles. The fourth-order valence-electron chi connectivity index (χ4n) is 2.24. The Hall–Kier alpha value is -3.09. The van der Waals surface area contributed by atoms with Crippen LogP contribution in [-0.2, 0) is 4.79 Å². The van der Waals surface area contributed by atoms with Gasteiger partial charge in [0, 0.05) is 12.5 Å². The van der Waals surface area contributed by atoms with E-state index in [1.807, 2.05) is 31.2 Å². The van der Waals surface area contributed by atoms with Crippen molar-refractivity contribution in [1.29, 1.82) is 0 Å². The number of para-hydroxylation sites is 1. The first-order chi connectivity index (χ1) is 12.0. The predicted molar refractivity (Wildman–Crippen MR) is 94.2 cm³/mol. The van der Waals surface area contributed by atoms with Gasteiger partial charge >= 0.3 is 0 Å². The molecule has 0 spiro atoms. The number of nitro benzene ring substituents is 1. The van der Waals surface area contributed by atoms with Crippen LogP contribution >= 0.6 is 0 Å². The third-order valence-corrected chi connectivity index (χ3v) is 3.57. The van der Waals surface area contributed by atoms with E-state index in [4.69, 9.17) is 9.47 Å². The van der Waals surface area contributed by atoms with Gasteiger partial charge in [0.2, 0.25) is 5.91 Å². The highest BCUT2D eigenvalue weighted by molar-refractivity contribution is 5.92. The van der Waals surface area contributed by atoms with Crippen LogP contribution in [0.2, 0.25) is 0 Å². The molecule has 132 valence electrons. The van der Waals surface area contributed by atoms with Gasteiger partial charge in [-0.1, -0.05) is 18.2 Å². The molecule has 1 N–H and O–H groups in total. The van der Waals surface area contributed by atoms with Crippen LogP contribution in [0.5, 0.6) is 11.5 Å². The summed E-state index contributed by atoms with van der Waals surface area (Å²) in [6.45, 7) is 2.39. The Kier molecular flexibility index (Phi) is 6.33. The summed E-state index contributed by atoms with van der Waals surface area (Å²) in [5.74, 6) is 0.846. The lowest BCUT2D eigenvalue weighted by atomic mass is 10.2. The normalized spacial score (nSPS) is 10.2. The molecule has 0 aliphatic rings. The minimum absolute atomic E-state index is 0.0959. The van der Waals surface area contributed by atoms with Gasteiger partial charge in [0.1, 0.15) is 11.5 Å². The number of ether oxygens (including phenoxy) is 2. The first-order valence-corrected chi connectivity index (χ1v) is 7.82. The highest BCUT2D eigenvalue weighted by Gasteiger charge is 2.13. The molecule has 2 rings (SSSR count). The highest BCUT2D eigenvalue weighted by atomic mass is 16.6. The maximum absolute atomic E-state index is 12.0. The largest absolute Gasteiger partial charge is 0.494 e. The molecule has 0 aromatic heterocycles. The van der Waals surface area contributed by atoms with Crippen molar-refractivity contribution in [3.05, 3.63) is 58.1 Å². The summed E-state index contributed by atoms with van der Waals surface area (Å²) in [5, 5.41) is 13.5. The van der Waals surface area contributed by atoms with Crippen molar-refractivity contribution in [3.8, 4) is 11.5 Å². The number of hydrogen-bond donors (Lipinski definition) is 1. The molecule has 0 bridgehead atoms. The smallest absolute Gasteiger partial charge is 0.273 e. The lowest BCUT2D eigenvalue weighted by Crippen LogP contribution is -2.13. The standard InChI is InChI=1S/C18H20N2O5/c1-13-6-3-4-7-16(13)25-11-5-8-18(21)19-15-10-9-14(20(22)23)12-17(15)24-2/h3-4,6-7,9-10,12H,5,8,11H2,1-2H3,(H,19,21). The van der Waals surface area contributed by atoms with E-state index in [0.717, 1.165) is 11.3 Å². The van der Waals surface area contributed by atoms with Crippen LogP contribution in [0.25, 0.3) is 0 Å². The van der Waals surface area contributed by atoms with E-state index in [1.54, 1.807) is 0 Å². The van der Waals surface area contributed by atoms with Crippen molar-refractivity contribution >= 4 is 17.3 Å². The molecular formula is C18H20N2O5. The molecule has 2 aromatic carbocycles. The second kappa shape index (κ2) is 8.68. The number of amides is 1. The zero-order valence-electron chi connectivity index (χ0n) is 14.2. The van der Waals surface area contributed by atoms with Crippen molar-refractivity contribution < 1.29 is 19.2 Å². The zero-order valence-corrected chi connectivity index (χ0v) is 14.2. The van der Waals surface area contributed by atoms with E-state index < -0.39 is 4.92 Å². The second-order valence-corrected chi connectivity index (χ2v) is 5.41. The number of rotatable bonds is 8. The molecule has 0 unspecified atom stereocenters. The third kappa shape index (κ3) is 5.20. The third-order valence-electron chi connectivity index (χ3n) is 3.57. The number of methoxy groups -OCH3 is 1. The lowest BCUT2D eigenvalue weighted by Gasteiger charge is -2.11. The van der Waals surface area contributed by atoms with Crippen LogP contribution in [0.1, 0.15) is 18.4 Å². The minimum atomic E-state index is -0.517. The van der Waals surface area contributed by atoms with Crippen LogP contribution in [0.3, 0.4) is 0 Å².